The van der Waals surface area contributed by atoms with Gasteiger partial charge >= 0.3 is 0 Å². The lowest BCUT2D eigenvalue weighted by Crippen LogP contribution is -2.16. The van der Waals surface area contributed by atoms with E-state index in [1.807, 2.05) is 13.8 Å². The van der Waals surface area contributed by atoms with Crippen molar-refractivity contribution in [2.24, 2.45) is 11.7 Å². The predicted octanol–water partition coefficient (Wildman–Crippen LogP) is 0.713. The Morgan fingerprint density at radius 2 is 1.86 bits per heavy atom. The third-order valence-corrected chi connectivity index (χ3v) is 3.65. The van der Waals surface area contributed by atoms with Gasteiger partial charge in [-0.15, -0.1) is 0 Å². The number of hydrogen-bond acceptors (Lipinski definition) is 3. The summed E-state index contributed by atoms with van der Waals surface area (Å²) < 4.78 is 22.7. The second-order valence-corrected chi connectivity index (χ2v) is 6.21. The fraction of sp³-hybridized carbons (Fsp3) is 0.889. The van der Waals surface area contributed by atoms with Crippen molar-refractivity contribution in [1.29, 1.82) is 0 Å². The molecule has 0 aromatic heterocycles. The summed E-state index contributed by atoms with van der Waals surface area (Å²) in [7, 11) is -2.98. The molecule has 0 aliphatic carbocycles. The van der Waals surface area contributed by atoms with Crippen molar-refractivity contribution < 1.29 is 13.2 Å². The van der Waals surface area contributed by atoms with E-state index >= 15 is 0 Å². The van der Waals surface area contributed by atoms with Crippen molar-refractivity contribution in [2.45, 2.75) is 33.1 Å². The van der Waals surface area contributed by atoms with Crippen LogP contribution in [0.15, 0.2) is 0 Å². The van der Waals surface area contributed by atoms with Crippen LogP contribution in [0.2, 0.25) is 0 Å². The molecule has 0 radical (unpaired) electrons. The zero-order valence-electron chi connectivity index (χ0n) is 8.82. The first-order valence-corrected chi connectivity index (χ1v) is 6.64. The summed E-state index contributed by atoms with van der Waals surface area (Å²) in [5.41, 5.74) is 4.91. The predicted molar refractivity (Wildman–Crippen MR) is 56.5 cm³/mol. The van der Waals surface area contributed by atoms with Gasteiger partial charge in [0, 0.05) is 6.42 Å². The second-order valence-electron chi connectivity index (χ2n) is 3.90. The first kappa shape index (κ1) is 13.4. The number of amides is 1. The third-order valence-electron chi connectivity index (χ3n) is 1.88. The summed E-state index contributed by atoms with van der Waals surface area (Å²) in [5.74, 6) is 0.233. The fourth-order valence-electron chi connectivity index (χ4n) is 0.984. The number of hydrogen-bond donors (Lipinski definition) is 1. The van der Waals surface area contributed by atoms with Crippen LogP contribution in [0.3, 0.4) is 0 Å². The van der Waals surface area contributed by atoms with Crippen LogP contribution < -0.4 is 5.73 Å². The summed E-state index contributed by atoms with van der Waals surface area (Å²) in [4.78, 5) is 10.4. The number of sulfone groups is 1. The Morgan fingerprint density at radius 1 is 1.29 bits per heavy atom. The molecule has 4 nitrogen and oxygen atoms in total. The van der Waals surface area contributed by atoms with E-state index in [2.05, 4.69) is 0 Å². The zero-order chi connectivity index (χ0) is 11.2. The number of carbonyl (C=O) groups excluding carboxylic acids is 1. The monoisotopic (exact) mass is 221 g/mol. The summed E-state index contributed by atoms with van der Waals surface area (Å²) >= 11 is 0. The highest BCUT2D eigenvalue weighted by Gasteiger charge is 2.11. The van der Waals surface area contributed by atoms with E-state index < -0.39 is 15.7 Å². The van der Waals surface area contributed by atoms with Gasteiger partial charge in [0.05, 0.1) is 11.5 Å². The molecular weight excluding hydrogens is 202 g/mol. The van der Waals surface area contributed by atoms with Crippen molar-refractivity contribution in [3.05, 3.63) is 0 Å². The van der Waals surface area contributed by atoms with E-state index in [1.54, 1.807) is 0 Å². The molecule has 0 bridgehead atoms. The van der Waals surface area contributed by atoms with E-state index in [0.717, 1.165) is 0 Å². The molecule has 0 unspecified atom stereocenters. The molecule has 0 fully saturated rings. The van der Waals surface area contributed by atoms with Crippen molar-refractivity contribution in [3.63, 3.8) is 0 Å². The number of carbonyl (C=O) groups is 1. The summed E-state index contributed by atoms with van der Waals surface area (Å²) in [6.07, 6.45) is 1.18. The Balaban J connectivity index is 3.79. The van der Waals surface area contributed by atoms with E-state index in [0.29, 0.717) is 18.8 Å². The first-order valence-electron chi connectivity index (χ1n) is 4.82. The number of rotatable bonds is 7. The summed E-state index contributed by atoms with van der Waals surface area (Å²) in [6, 6.07) is 0. The lowest BCUT2D eigenvalue weighted by atomic mass is 10.2. The van der Waals surface area contributed by atoms with Crippen LogP contribution in [0.4, 0.5) is 0 Å². The van der Waals surface area contributed by atoms with Crippen LogP contribution in [0.25, 0.3) is 0 Å². The maximum Gasteiger partial charge on any atom is 0.217 e. The van der Waals surface area contributed by atoms with Crippen LogP contribution in [0.1, 0.15) is 33.1 Å². The molecule has 2 N–H and O–H groups in total. The number of nitrogens with two attached hydrogens (primary N) is 1. The maximum atomic E-state index is 11.4. The average molecular weight is 221 g/mol. The summed E-state index contributed by atoms with van der Waals surface area (Å²) in [5, 5.41) is 0. The topological polar surface area (TPSA) is 77.2 Å². The molecule has 0 rings (SSSR count). The van der Waals surface area contributed by atoms with Crippen LogP contribution >= 0.6 is 0 Å². The SMILES string of the molecule is CC(C)CCS(=O)(=O)CCCC(N)=O. The molecule has 1 amide bonds. The molecule has 0 aromatic rings. The van der Waals surface area contributed by atoms with Gasteiger partial charge in [-0.25, -0.2) is 8.42 Å². The van der Waals surface area contributed by atoms with Gasteiger partial charge in [-0.1, -0.05) is 13.8 Å². The fourth-order valence-corrected chi connectivity index (χ4v) is 2.60. The highest BCUT2D eigenvalue weighted by Crippen LogP contribution is 2.05. The standard InChI is InChI=1S/C9H19NO3S/c1-8(2)5-7-14(12,13)6-3-4-9(10)11/h8H,3-7H2,1-2H3,(H2,10,11). The molecule has 0 spiro atoms. The van der Waals surface area contributed by atoms with Gasteiger partial charge in [0.1, 0.15) is 9.84 Å². The average Bonchev–Trinajstić information content (AvgIpc) is 2.00. The van der Waals surface area contributed by atoms with Gasteiger partial charge < -0.3 is 5.73 Å². The molecule has 0 aliphatic heterocycles. The van der Waals surface area contributed by atoms with Crippen LogP contribution in [0.5, 0.6) is 0 Å². The van der Waals surface area contributed by atoms with Crippen molar-refractivity contribution >= 4 is 15.7 Å². The molecule has 0 heterocycles. The third kappa shape index (κ3) is 8.04. The van der Waals surface area contributed by atoms with Gasteiger partial charge in [-0.05, 0) is 18.8 Å². The van der Waals surface area contributed by atoms with Gasteiger partial charge in [0.15, 0.2) is 0 Å². The van der Waals surface area contributed by atoms with Crippen molar-refractivity contribution in [3.8, 4) is 0 Å². The Morgan fingerprint density at radius 3 is 2.29 bits per heavy atom. The molecule has 84 valence electrons. The zero-order valence-corrected chi connectivity index (χ0v) is 9.64. The Hall–Kier alpha value is -0.580. The molecule has 0 atom stereocenters. The van der Waals surface area contributed by atoms with Crippen LogP contribution in [-0.4, -0.2) is 25.8 Å². The number of primary amides is 1. The molecule has 0 saturated heterocycles. The van der Waals surface area contributed by atoms with E-state index in [9.17, 15) is 13.2 Å². The highest BCUT2D eigenvalue weighted by molar-refractivity contribution is 7.91. The minimum Gasteiger partial charge on any atom is -0.370 e. The van der Waals surface area contributed by atoms with Gasteiger partial charge in [0.2, 0.25) is 5.91 Å². The quantitative estimate of drug-likeness (QED) is 0.688. The first-order chi connectivity index (χ1) is 6.33. The van der Waals surface area contributed by atoms with Gasteiger partial charge in [0.25, 0.3) is 0 Å². The van der Waals surface area contributed by atoms with Gasteiger partial charge in [-0.2, -0.15) is 0 Å². The van der Waals surface area contributed by atoms with Crippen molar-refractivity contribution in [1.82, 2.24) is 0 Å². The lowest BCUT2D eigenvalue weighted by Gasteiger charge is -2.05. The van der Waals surface area contributed by atoms with Crippen LogP contribution in [0, 0.1) is 5.92 Å². The Labute approximate surface area is 85.8 Å². The van der Waals surface area contributed by atoms with Crippen LogP contribution in [-0.2, 0) is 14.6 Å². The van der Waals surface area contributed by atoms with Gasteiger partial charge in [-0.3, -0.25) is 4.79 Å². The summed E-state index contributed by atoms with van der Waals surface area (Å²) in [6.45, 7) is 3.97. The molecule has 0 aromatic carbocycles. The van der Waals surface area contributed by atoms with E-state index in [1.165, 1.54) is 0 Å². The maximum absolute atomic E-state index is 11.4. The largest absolute Gasteiger partial charge is 0.370 e. The second kappa shape index (κ2) is 6.01. The lowest BCUT2D eigenvalue weighted by molar-refractivity contribution is -0.118. The molecule has 0 aliphatic rings. The molecule has 5 heteroatoms. The Bertz CT molecular complexity index is 270. The van der Waals surface area contributed by atoms with Crippen molar-refractivity contribution in [2.75, 3.05) is 11.5 Å². The minimum atomic E-state index is -2.98. The molecular formula is C9H19NO3S. The highest BCUT2D eigenvalue weighted by atomic mass is 32.2. The Kier molecular flexibility index (Phi) is 5.76. The smallest absolute Gasteiger partial charge is 0.217 e. The molecule has 0 saturated carbocycles. The van der Waals surface area contributed by atoms with E-state index in [-0.39, 0.29) is 17.9 Å². The molecule has 14 heavy (non-hydrogen) atoms. The normalized spacial score (nSPS) is 11.9. The minimum absolute atomic E-state index is 0.0721. The van der Waals surface area contributed by atoms with E-state index in [4.69, 9.17) is 5.73 Å².